The van der Waals surface area contributed by atoms with Gasteiger partial charge in [-0.3, -0.25) is 0 Å². The summed E-state index contributed by atoms with van der Waals surface area (Å²) in [7, 11) is -1.88. The fourth-order valence-electron chi connectivity index (χ4n) is 3.54. The van der Waals surface area contributed by atoms with Gasteiger partial charge in [-0.15, -0.1) is 0 Å². The Morgan fingerprint density at radius 3 is 2.70 bits per heavy atom. The maximum absolute atomic E-state index is 12.2. The molecule has 0 aromatic carbocycles. The first-order valence-electron chi connectivity index (χ1n) is 9.19. The molecule has 0 atom stereocenters. The normalized spacial score (nSPS) is 18.9. The third kappa shape index (κ3) is 5.17. The van der Waals surface area contributed by atoms with Crippen LogP contribution in [0.1, 0.15) is 37.4 Å². The number of urea groups is 1. The molecule has 3 rings (SSSR count). The molecule has 2 amide bonds. The van der Waals surface area contributed by atoms with Crippen LogP contribution >= 0.6 is 0 Å². The van der Waals surface area contributed by atoms with Crippen LogP contribution in [0, 0.1) is 0 Å². The average molecular weight is 401 g/mol. The molecule has 1 saturated heterocycles. The van der Waals surface area contributed by atoms with Crippen LogP contribution in [0.5, 0.6) is 0 Å². The number of carbonyl (C=O) groups excluding carboxylic acids is 1. The van der Waals surface area contributed by atoms with E-state index < -0.39 is 10.0 Å². The van der Waals surface area contributed by atoms with Crippen LogP contribution in [0.2, 0.25) is 0 Å². The highest BCUT2D eigenvalue weighted by Gasteiger charge is 2.39. The lowest BCUT2D eigenvalue weighted by Crippen LogP contribution is -2.64. The third-order valence-corrected chi connectivity index (χ3v) is 6.33. The Morgan fingerprint density at radius 1 is 1.37 bits per heavy atom. The van der Waals surface area contributed by atoms with Crippen molar-refractivity contribution in [3.8, 4) is 0 Å². The third-order valence-electron chi connectivity index (χ3n) is 5.00. The van der Waals surface area contributed by atoms with Crippen molar-refractivity contribution < 1.29 is 22.5 Å². The van der Waals surface area contributed by atoms with Gasteiger partial charge in [0.1, 0.15) is 6.61 Å². The fraction of sp³-hybridized carbons (Fsp3) is 0.812. The second-order valence-electron chi connectivity index (χ2n) is 7.15. The minimum absolute atomic E-state index is 0.103. The Morgan fingerprint density at radius 2 is 2.07 bits per heavy atom. The quantitative estimate of drug-likeness (QED) is 0.668. The topological polar surface area (TPSA) is 118 Å². The predicted molar refractivity (Wildman–Crippen MR) is 96.4 cm³/mol. The minimum atomic E-state index is -3.41. The first-order valence-corrected chi connectivity index (χ1v) is 11.0. The van der Waals surface area contributed by atoms with Crippen molar-refractivity contribution in [3.63, 3.8) is 0 Å². The summed E-state index contributed by atoms with van der Waals surface area (Å²) in [6.07, 6.45) is 5.86. The van der Waals surface area contributed by atoms with Gasteiger partial charge < -0.3 is 19.5 Å². The summed E-state index contributed by atoms with van der Waals surface area (Å²) in [6, 6.07) is -0.0734. The number of nitrogens with zero attached hydrogens (tertiary/aromatic N) is 4. The van der Waals surface area contributed by atoms with E-state index in [0.717, 1.165) is 25.7 Å². The molecular weight excluding hydrogens is 374 g/mol. The minimum Gasteiger partial charge on any atom is -0.375 e. The summed E-state index contributed by atoms with van der Waals surface area (Å²) >= 11 is 0. The van der Waals surface area contributed by atoms with E-state index in [9.17, 15) is 13.2 Å². The maximum Gasteiger partial charge on any atom is 0.317 e. The van der Waals surface area contributed by atoms with E-state index in [2.05, 4.69) is 15.5 Å². The van der Waals surface area contributed by atoms with Crippen LogP contribution in [-0.2, 0) is 27.8 Å². The van der Waals surface area contributed by atoms with Crippen LogP contribution in [0.3, 0.4) is 0 Å². The second-order valence-corrected chi connectivity index (χ2v) is 9.09. The highest BCUT2D eigenvalue weighted by molar-refractivity contribution is 7.88. The van der Waals surface area contributed by atoms with Gasteiger partial charge in [0.05, 0.1) is 12.3 Å². The van der Waals surface area contributed by atoms with E-state index in [4.69, 9.17) is 9.26 Å². The number of ether oxygens (including phenoxy) is 1. The molecule has 2 aliphatic rings. The summed E-state index contributed by atoms with van der Waals surface area (Å²) in [5.74, 6) is 0.794. The maximum atomic E-state index is 12.2. The molecule has 2 fully saturated rings. The highest BCUT2D eigenvalue weighted by Crippen LogP contribution is 2.21. The monoisotopic (exact) mass is 401 g/mol. The molecule has 1 aliphatic heterocycles. The lowest BCUT2D eigenvalue weighted by molar-refractivity contribution is 0.0995. The standard InChI is InChI=1S/C16H27N5O5S/c1-25-11-15-18-14(19-26-15)7-8-21(27(2,23)24)13-9-20(10-13)16(22)17-12-5-3-4-6-12/h12-13H,3-11H2,1-2H3,(H,17,22). The first kappa shape index (κ1) is 20.0. The number of nitrogens with one attached hydrogen (secondary N) is 1. The van der Waals surface area contributed by atoms with Gasteiger partial charge in [0.25, 0.3) is 5.89 Å². The molecule has 1 saturated carbocycles. The van der Waals surface area contributed by atoms with E-state index in [1.165, 1.54) is 17.7 Å². The largest absolute Gasteiger partial charge is 0.375 e. The molecule has 152 valence electrons. The molecule has 1 aliphatic carbocycles. The van der Waals surface area contributed by atoms with Crippen molar-refractivity contribution in [1.82, 2.24) is 24.7 Å². The van der Waals surface area contributed by atoms with Crippen LogP contribution in [-0.4, -0.2) is 78.9 Å². The van der Waals surface area contributed by atoms with Crippen LogP contribution < -0.4 is 5.32 Å². The summed E-state index contributed by atoms with van der Waals surface area (Å²) in [5, 5.41) is 6.86. The van der Waals surface area contributed by atoms with Gasteiger partial charge in [0.15, 0.2) is 5.82 Å². The molecule has 1 aromatic rings. The van der Waals surface area contributed by atoms with E-state index >= 15 is 0 Å². The van der Waals surface area contributed by atoms with Crippen LogP contribution in [0.4, 0.5) is 4.79 Å². The van der Waals surface area contributed by atoms with Gasteiger partial charge in [-0.1, -0.05) is 18.0 Å². The Labute approximate surface area is 159 Å². The molecular formula is C16H27N5O5S. The fourth-order valence-corrected chi connectivity index (χ4v) is 4.64. The number of carbonyl (C=O) groups is 1. The second kappa shape index (κ2) is 8.53. The summed E-state index contributed by atoms with van der Waals surface area (Å²) in [4.78, 5) is 18.1. The molecule has 11 heteroatoms. The van der Waals surface area contributed by atoms with Gasteiger partial charge >= 0.3 is 6.03 Å². The number of methoxy groups -OCH3 is 1. The van der Waals surface area contributed by atoms with Crippen LogP contribution in [0.25, 0.3) is 0 Å². The number of sulfonamides is 1. The summed E-state index contributed by atoms with van der Waals surface area (Å²) in [5.41, 5.74) is 0. The molecule has 1 N–H and O–H groups in total. The Bertz CT molecular complexity index is 740. The summed E-state index contributed by atoms with van der Waals surface area (Å²) in [6.45, 7) is 1.25. The molecule has 10 nitrogen and oxygen atoms in total. The molecule has 1 aromatic heterocycles. The lowest BCUT2D eigenvalue weighted by Gasteiger charge is -2.44. The van der Waals surface area contributed by atoms with Gasteiger partial charge in [-0.05, 0) is 12.8 Å². The predicted octanol–water partition coefficient (Wildman–Crippen LogP) is 0.357. The molecule has 0 bridgehead atoms. The van der Waals surface area contributed by atoms with Gasteiger partial charge in [0, 0.05) is 39.2 Å². The number of rotatable bonds is 8. The summed E-state index contributed by atoms with van der Waals surface area (Å²) < 4.78 is 35.7. The van der Waals surface area contributed by atoms with Crippen LogP contribution in [0.15, 0.2) is 4.52 Å². The Kier molecular flexibility index (Phi) is 6.33. The molecule has 27 heavy (non-hydrogen) atoms. The zero-order valence-electron chi connectivity index (χ0n) is 15.8. The van der Waals surface area contributed by atoms with Crippen molar-refractivity contribution in [2.45, 2.75) is 50.8 Å². The van der Waals surface area contributed by atoms with Gasteiger partial charge in [0.2, 0.25) is 10.0 Å². The lowest BCUT2D eigenvalue weighted by atomic mass is 10.1. The molecule has 0 unspecified atom stereocenters. The van der Waals surface area contributed by atoms with Gasteiger partial charge in [-0.2, -0.15) is 9.29 Å². The van der Waals surface area contributed by atoms with Crippen molar-refractivity contribution in [2.24, 2.45) is 0 Å². The Hall–Kier alpha value is -1.72. The van der Waals surface area contributed by atoms with E-state index in [0.29, 0.717) is 31.2 Å². The molecule has 0 spiro atoms. The number of hydrogen-bond donors (Lipinski definition) is 1. The number of hydrogen-bond acceptors (Lipinski definition) is 7. The highest BCUT2D eigenvalue weighted by atomic mass is 32.2. The number of amides is 2. The smallest absolute Gasteiger partial charge is 0.317 e. The van der Waals surface area contributed by atoms with Gasteiger partial charge in [-0.25, -0.2) is 13.2 Å². The van der Waals surface area contributed by atoms with E-state index in [-0.39, 0.29) is 31.3 Å². The van der Waals surface area contributed by atoms with Crippen molar-refractivity contribution in [1.29, 1.82) is 0 Å². The SMILES string of the molecule is COCc1nc(CCN(C2CN(C(=O)NC3CCCC3)C2)S(C)(=O)=O)no1. The molecule has 0 radical (unpaired) electrons. The average Bonchev–Trinajstić information content (AvgIpc) is 3.20. The zero-order valence-corrected chi connectivity index (χ0v) is 16.6. The zero-order chi connectivity index (χ0) is 19.4. The Balaban J connectivity index is 1.51. The molecule has 2 heterocycles. The number of aromatic nitrogens is 2. The van der Waals surface area contributed by atoms with E-state index in [1.54, 1.807) is 4.90 Å². The van der Waals surface area contributed by atoms with Crippen molar-refractivity contribution >= 4 is 16.1 Å². The van der Waals surface area contributed by atoms with Crippen molar-refractivity contribution in [2.75, 3.05) is 33.0 Å². The first-order chi connectivity index (χ1) is 12.9. The number of likely N-dealkylation sites (tertiary alicyclic amines) is 1. The van der Waals surface area contributed by atoms with E-state index in [1.807, 2.05) is 0 Å². The van der Waals surface area contributed by atoms with Crippen molar-refractivity contribution in [3.05, 3.63) is 11.7 Å².